The Hall–Kier alpha value is -0.620. The van der Waals surface area contributed by atoms with Crippen LogP contribution in [0.5, 0.6) is 0 Å². The van der Waals surface area contributed by atoms with Gasteiger partial charge in [-0.15, -0.1) is 0 Å². The zero-order valence-electron chi connectivity index (χ0n) is 10.8. The Morgan fingerprint density at radius 3 is 2.33 bits per heavy atom. The average molecular weight is 277 g/mol. The Morgan fingerprint density at radius 1 is 1.06 bits per heavy atom. The van der Waals surface area contributed by atoms with Crippen molar-refractivity contribution in [3.05, 3.63) is 0 Å². The van der Waals surface area contributed by atoms with Crippen molar-refractivity contribution in [3.63, 3.8) is 0 Å². The fourth-order valence-electron chi connectivity index (χ4n) is 2.15. The highest BCUT2D eigenvalue weighted by molar-refractivity contribution is 7.91. The molecule has 1 heterocycles. The monoisotopic (exact) mass is 277 g/mol. The topological polar surface area (TPSA) is 74.7 Å². The molecule has 1 fully saturated rings. The molecule has 1 aliphatic heterocycles. The minimum Gasteiger partial charge on any atom is -0.481 e. The largest absolute Gasteiger partial charge is 0.481 e. The second kappa shape index (κ2) is 7.74. The molecule has 0 bridgehead atoms. The number of carboxylic acid groups (broad SMARTS) is 1. The summed E-state index contributed by atoms with van der Waals surface area (Å²) in [5, 5.41) is 8.46. The van der Waals surface area contributed by atoms with Gasteiger partial charge in [0.05, 0.1) is 11.5 Å². The molecular weight excluding hydrogens is 254 g/mol. The molecule has 0 unspecified atom stereocenters. The van der Waals surface area contributed by atoms with Crippen LogP contribution in [0.2, 0.25) is 0 Å². The Labute approximate surface area is 109 Å². The van der Waals surface area contributed by atoms with E-state index < -0.39 is 15.8 Å². The molecule has 0 aromatic heterocycles. The van der Waals surface area contributed by atoms with Crippen LogP contribution in [0.25, 0.3) is 0 Å². The molecule has 0 amide bonds. The lowest BCUT2D eigenvalue weighted by atomic mass is 10.1. The average Bonchev–Trinajstić information content (AvgIpc) is 2.34. The second-order valence-corrected chi connectivity index (χ2v) is 7.21. The van der Waals surface area contributed by atoms with E-state index in [9.17, 15) is 13.2 Å². The third-order valence-corrected chi connectivity index (χ3v) is 4.98. The van der Waals surface area contributed by atoms with Gasteiger partial charge in [-0.1, -0.05) is 6.42 Å². The Morgan fingerprint density at radius 2 is 1.72 bits per heavy atom. The number of carboxylic acids is 1. The minimum absolute atomic E-state index is 0.0572. The number of likely N-dealkylation sites (tertiary alicyclic amines) is 1. The molecule has 106 valence electrons. The van der Waals surface area contributed by atoms with Gasteiger partial charge in [0, 0.05) is 13.0 Å². The first kappa shape index (κ1) is 15.4. The third-order valence-electron chi connectivity index (χ3n) is 3.26. The highest BCUT2D eigenvalue weighted by Gasteiger charge is 2.15. The van der Waals surface area contributed by atoms with Gasteiger partial charge < -0.3 is 10.0 Å². The zero-order valence-corrected chi connectivity index (χ0v) is 11.6. The predicted molar refractivity (Wildman–Crippen MR) is 70.4 cm³/mol. The molecule has 0 spiro atoms. The molecule has 18 heavy (non-hydrogen) atoms. The summed E-state index contributed by atoms with van der Waals surface area (Å²) < 4.78 is 23.5. The van der Waals surface area contributed by atoms with E-state index in [2.05, 4.69) is 4.90 Å². The van der Waals surface area contributed by atoms with Gasteiger partial charge in [-0.25, -0.2) is 8.42 Å². The van der Waals surface area contributed by atoms with Crippen molar-refractivity contribution >= 4 is 15.8 Å². The van der Waals surface area contributed by atoms with Gasteiger partial charge in [0.1, 0.15) is 0 Å². The fourth-order valence-corrected chi connectivity index (χ4v) is 3.54. The van der Waals surface area contributed by atoms with Gasteiger partial charge in [-0.2, -0.15) is 0 Å². The molecule has 0 aliphatic carbocycles. The van der Waals surface area contributed by atoms with Crippen molar-refractivity contribution < 1.29 is 18.3 Å². The maximum Gasteiger partial charge on any atom is 0.303 e. The van der Waals surface area contributed by atoms with Crippen LogP contribution in [-0.2, 0) is 14.6 Å². The molecule has 0 aromatic carbocycles. The van der Waals surface area contributed by atoms with E-state index in [1.54, 1.807) is 0 Å². The molecule has 6 heteroatoms. The van der Waals surface area contributed by atoms with Crippen molar-refractivity contribution in [2.24, 2.45) is 0 Å². The van der Waals surface area contributed by atoms with Crippen LogP contribution in [0.15, 0.2) is 0 Å². The summed E-state index contributed by atoms with van der Waals surface area (Å²) in [5.74, 6) is -0.533. The zero-order chi connectivity index (χ0) is 13.4. The summed E-state index contributed by atoms with van der Waals surface area (Å²) in [6.45, 7) is 2.64. The number of rotatable bonds is 8. The molecule has 0 atom stereocenters. The number of hydrogen-bond donors (Lipinski definition) is 1. The van der Waals surface area contributed by atoms with Crippen molar-refractivity contribution in [3.8, 4) is 0 Å². The number of hydrogen-bond acceptors (Lipinski definition) is 4. The van der Waals surface area contributed by atoms with Gasteiger partial charge >= 0.3 is 5.97 Å². The molecule has 1 rings (SSSR count). The van der Waals surface area contributed by atoms with Crippen LogP contribution in [0.3, 0.4) is 0 Å². The summed E-state index contributed by atoms with van der Waals surface area (Å²) in [6.07, 6.45) is 4.53. The van der Waals surface area contributed by atoms with E-state index in [0.717, 1.165) is 13.1 Å². The highest BCUT2D eigenvalue weighted by Crippen LogP contribution is 2.09. The lowest BCUT2D eigenvalue weighted by Crippen LogP contribution is -2.34. The molecule has 1 saturated heterocycles. The Balaban J connectivity index is 2.16. The van der Waals surface area contributed by atoms with Crippen molar-refractivity contribution in [2.75, 3.05) is 31.1 Å². The van der Waals surface area contributed by atoms with E-state index in [0.29, 0.717) is 19.4 Å². The molecule has 0 radical (unpaired) electrons. The first-order chi connectivity index (χ1) is 8.49. The van der Waals surface area contributed by atoms with Crippen molar-refractivity contribution in [1.29, 1.82) is 0 Å². The van der Waals surface area contributed by atoms with Crippen LogP contribution in [0.1, 0.15) is 38.5 Å². The standard InChI is InChI=1S/C12H23NO4S/c14-12(15)6-2-5-10-18(16,17)11-9-13-7-3-1-4-8-13/h1-11H2,(H,14,15). The van der Waals surface area contributed by atoms with Gasteiger partial charge in [0.25, 0.3) is 0 Å². The first-order valence-corrected chi connectivity index (χ1v) is 8.46. The molecule has 0 saturated carbocycles. The van der Waals surface area contributed by atoms with E-state index >= 15 is 0 Å². The normalized spacial score (nSPS) is 17.8. The van der Waals surface area contributed by atoms with Crippen LogP contribution >= 0.6 is 0 Å². The number of aliphatic carboxylic acids is 1. The number of nitrogens with zero attached hydrogens (tertiary/aromatic N) is 1. The van der Waals surface area contributed by atoms with E-state index in [1.807, 2.05) is 0 Å². The molecular formula is C12H23NO4S. The van der Waals surface area contributed by atoms with E-state index in [-0.39, 0.29) is 17.9 Å². The summed E-state index contributed by atoms with van der Waals surface area (Å²) >= 11 is 0. The fraction of sp³-hybridized carbons (Fsp3) is 0.917. The molecule has 5 nitrogen and oxygen atoms in total. The summed E-state index contributed by atoms with van der Waals surface area (Å²) in [6, 6.07) is 0. The van der Waals surface area contributed by atoms with Crippen LogP contribution in [0, 0.1) is 0 Å². The van der Waals surface area contributed by atoms with Crippen molar-refractivity contribution in [1.82, 2.24) is 4.90 Å². The van der Waals surface area contributed by atoms with Gasteiger partial charge in [-0.05, 0) is 38.8 Å². The SMILES string of the molecule is O=C(O)CCCCS(=O)(=O)CCN1CCCCC1. The first-order valence-electron chi connectivity index (χ1n) is 6.64. The minimum atomic E-state index is -3.01. The molecule has 1 N–H and O–H groups in total. The number of piperidine rings is 1. The Kier molecular flexibility index (Phi) is 6.63. The van der Waals surface area contributed by atoms with Crippen LogP contribution in [-0.4, -0.2) is 55.5 Å². The maximum absolute atomic E-state index is 11.7. The summed E-state index contributed by atoms with van der Waals surface area (Å²) in [4.78, 5) is 12.5. The smallest absolute Gasteiger partial charge is 0.303 e. The second-order valence-electron chi connectivity index (χ2n) is 4.90. The van der Waals surface area contributed by atoms with Gasteiger partial charge in [-0.3, -0.25) is 4.79 Å². The maximum atomic E-state index is 11.7. The number of unbranched alkanes of at least 4 members (excludes halogenated alkanes) is 1. The van der Waals surface area contributed by atoms with Gasteiger partial charge in [0.2, 0.25) is 0 Å². The third kappa shape index (κ3) is 6.96. The quantitative estimate of drug-likeness (QED) is 0.673. The lowest BCUT2D eigenvalue weighted by Gasteiger charge is -2.26. The van der Waals surface area contributed by atoms with Crippen LogP contribution < -0.4 is 0 Å². The predicted octanol–water partition coefficient (Wildman–Crippen LogP) is 1.14. The summed E-state index contributed by atoms with van der Waals surface area (Å²) in [7, 11) is -3.01. The Bertz CT molecular complexity index is 347. The molecule has 1 aliphatic rings. The summed E-state index contributed by atoms with van der Waals surface area (Å²) in [5.41, 5.74) is 0. The number of carbonyl (C=O) groups is 1. The van der Waals surface area contributed by atoms with Crippen LogP contribution in [0.4, 0.5) is 0 Å². The van der Waals surface area contributed by atoms with E-state index in [1.165, 1.54) is 19.3 Å². The number of sulfone groups is 1. The highest BCUT2D eigenvalue weighted by atomic mass is 32.2. The lowest BCUT2D eigenvalue weighted by molar-refractivity contribution is -0.137. The molecule has 0 aromatic rings. The van der Waals surface area contributed by atoms with E-state index in [4.69, 9.17) is 5.11 Å². The van der Waals surface area contributed by atoms with Gasteiger partial charge in [0.15, 0.2) is 9.84 Å². The van der Waals surface area contributed by atoms with Crippen molar-refractivity contribution in [2.45, 2.75) is 38.5 Å².